The number of hydrogen-bond donors (Lipinski definition) is 0. The maximum atomic E-state index is 10.8. The summed E-state index contributed by atoms with van der Waals surface area (Å²) >= 11 is 0. The Hall–Kier alpha value is -2.41. The maximum Gasteiger partial charge on any atom is 0.415 e. The summed E-state index contributed by atoms with van der Waals surface area (Å²) in [4.78, 5) is 16.7. The van der Waals surface area contributed by atoms with Crippen LogP contribution in [0.25, 0.3) is 0 Å². The number of fused-ring (bicyclic) bond motifs is 1. The van der Waals surface area contributed by atoms with E-state index >= 15 is 0 Å². The average Bonchev–Trinajstić information content (AvgIpc) is 3.11. The van der Waals surface area contributed by atoms with Gasteiger partial charge in [-0.25, -0.2) is 0 Å². The van der Waals surface area contributed by atoms with Crippen LogP contribution in [-0.2, 0) is 6.54 Å². The van der Waals surface area contributed by atoms with E-state index in [2.05, 4.69) is 47.1 Å². The van der Waals surface area contributed by atoms with Gasteiger partial charge >= 0.3 is 11.8 Å². The van der Waals surface area contributed by atoms with Crippen LogP contribution in [0.3, 0.4) is 0 Å². The highest BCUT2D eigenvalue weighted by Crippen LogP contribution is 2.33. The summed E-state index contributed by atoms with van der Waals surface area (Å²) in [6, 6.07) is 11.1. The Morgan fingerprint density at radius 3 is 2.68 bits per heavy atom. The molecule has 0 saturated carbocycles. The van der Waals surface area contributed by atoms with Crippen molar-refractivity contribution in [3.05, 3.63) is 52.2 Å². The molecule has 0 unspecified atom stereocenters. The van der Waals surface area contributed by atoms with Gasteiger partial charge in [-0.1, -0.05) is 30.3 Å². The quantitative estimate of drug-likeness (QED) is 0.631. The van der Waals surface area contributed by atoms with Gasteiger partial charge in [0.25, 0.3) is 0 Å². The summed E-state index contributed by atoms with van der Waals surface area (Å²) in [7, 11) is 0. The largest absolute Gasteiger partial charge is 0.436 e. The van der Waals surface area contributed by atoms with Gasteiger partial charge in [-0.2, -0.15) is 0 Å². The SMILES string of the molecule is C[C@]1(CN2CCC(c3ccccc3)CC2)Cn2cc([N+](=O)[O-])nc2O1. The van der Waals surface area contributed by atoms with Crippen LogP contribution in [0.1, 0.15) is 31.2 Å². The van der Waals surface area contributed by atoms with Crippen molar-refractivity contribution < 1.29 is 9.66 Å². The molecule has 0 radical (unpaired) electrons. The van der Waals surface area contributed by atoms with Gasteiger partial charge in [-0.15, -0.1) is 0 Å². The van der Waals surface area contributed by atoms with E-state index < -0.39 is 4.92 Å². The number of nitro groups is 1. The Bertz CT molecular complexity index is 742. The minimum Gasteiger partial charge on any atom is -0.436 e. The van der Waals surface area contributed by atoms with Crippen LogP contribution in [-0.4, -0.2) is 44.6 Å². The summed E-state index contributed by atoms with van der Waals surface area (Å²) in [5, 5.41) is 10.8. The third-order valence-corrected chi connectivity index (χ3v) is 5.17. The fourth-order valence-corrected chi connectivity index (χ4v) is 3.99. The molecule has 25 heavy (non-hydrogen) atoms. The Morgan fingerprint density at radius 1 is 1.32 bits per heavy atom. The predicted molar refractivity (Wildman–Crippen MR) is 92.8 cm³/mol. The third kappa shape index (κ3) is 3.24. The van der Waals surface area contributed by atoms with E-state index in [9.17, 15) is 10.1 Å². The molecular weight excluding hydrogens is 320 g/mol. The van der Waals surface area contributed by atoms with Gasteiger partial charge in [-0.05, 0) is 49.3 Å². The second kappa shape index (κ2) is 6.15. The maximum absolute atomic E-state index is 10.8. The van der Waals surface area contributed by atoms with Crippen LogP contribution in [0.4, 0.5) is 5.82 Å². The van der Waals surface area contributed by atoms with E-state index in [1.165, 1.54) is 11.8 Å². The van der Waals surface area contributed by atoms with Gasteiger partial charge in [0.15, 0.2) is 0 Å². The smallest absolute Gasteiger partial charge is 0.415 e. The van der Waals surface area contributed by atoms with E-state index in [-0.39, 0.29) is 11.4 Å². The second-order valence-electron chi connectivity index (χ2n) is 7.28. The number of ether oxygens (including phenoxy) is 1. The van der Waals surface area contributed by atoms with Crippen LogP contribution in [0, 0.1) is 10.1 Å². The number of piperidine rings is 1. The molecule has 7 nitrogen and oxygen atoms in total. The summed E-state index contributed by atoms with van der Waals surface area (Å²) in [6.45, 7) is 5.55. The number of hydrogen-bond acceptors (Lipinski definition) is 5. The lowest BCUT2D eigenvalue weighted by Crippen LogP contribution is -2.47. The lowest BCUT2D eigenvalue weighted by atomic mass is 9.89. The number of rotatable bonds is 4. The van der Waals surface area contributed by atoms with Crippen molar-refractivity contribution in [2.45, 2.75) is 37.8 Å². The van der Waals surface area contributed by atoms with Gasteiger partial charge in [-0.3, -0.25) is 9.47 Å². The monoisotopic (exact) mass is 342 g/mol. The number of benzene rings is 1. The van der Waals surface area contributed by atoms with Crippen molar-refractivity contribution in [2.75, 3.05) is 19.6 Å². The highest BCUT2D eigenvalue weighted by molar-refractivity contribution is 5.24. The van der Waals surface area contributed by atoms with Crippen molar-refractivity contribution in [1.29, 1.82) is 0 Å². The minimum absolute atomic E-state index is 0.152. The summed E-state index contributed by atoms with van der Waals surface area (Å²) in [5.74, 6) is 0.480. The summed E-state index contributed by atoms with van der Waals surface area (Å²) in [5.41, 5.74) is 1.05. The molecule has 0 bridgehead atoms. The van der Waals surface area contributed by atoms with Crippen LogP contribution in [0.15, 0.2) is 36.5 Å². The van der Waals surface area contributed by atoms with E-state index in [1.807, 2.05) is 0 Å². The van der Waals surface area contributed by atoms with E-state index in [0.29, 0.717) is 18.5 Å². The highest BCUT2D eigenvalue weighted by Gasteiger charge is 2.41. The number of aromatic nitrogens is 2. The topological polar surface area (TPSA) is 73.4 Å². The van der Waals surface area contributed by atoms with Gasteiger partial charge in [0, 0.05) is 11.5 Å². The van der Waals surface area contributed by atoms with E-state index in [0.717, 1.165) is 32.5 Å². The zero-order valence-electron chi connectivity index (χ0n) is 14.3. The molecule has 3 heterocycles. The number of nitrogens with zero attached hydrogens (tertiary/aromatic N) is 4. The zero-order chi connectivity index (χ0) is 17.4. The molecule has 1 aromatic carbocycles. The van der Waals surface area contributed by atoms with Crippen LogP contribution in [0.2, 0.25) is 0 Å². The van der Waals surface area contributed by atoms with E-state index in [4.69, 9.17) is 4.74 Å². The van der Waals surface area contributed by atoms with Gasteiger partial charge in [0.1, 0.15) is 11.8 Å². The van der Waals surface area contributed by atoms with Gasteiger partial charge in [0.2, 0.25) is 0 Å². The molecular formula is C18H22N4O3. The molecule has 2 aliphatic rings. The first-order valence-corrected chi connectivity index (χ1v) is 8.70. The second-order valence-corrected chi connectivity index (χ2v) is 7.28. The van der Waals surface area contributed by atoms with Gasteiger partial charge < -0.3 is 14.9 Å². The Kier molecular flexibility index (Phi) is 3.95. The van der Waals surface area contributed by atoms with Crippen molar-refractivity contribution in [3.63, 3.8) is 0 Å². The first-order chi connectivity index (χ1) is 12.0. The molecule has 0 N–H and O–H groups in total. The molecule has 2 aromatic rings. The summed E-state index contributed by atoms with van der Waals surface area (Å²) in [6.07, 6.45) is 3.76. The first-order valence-electron chi connectivity index (χ1n) is 8.70. The molecule has 132 valence electrons. The molecule has 1 atom stereocenters. The van der Waals surface area contributed by atoms with Crippen molar-refractivity contribution in [2.24, 2.45) is 0 Å². The number of likely N-dealkylation sites (tertiary alicyclic amines) is 1. The molecule has 2 aliphatic heterocycles. The lowest BCUT2D eigenvalue weighted by molar-refractivity contribution is -0.389. The van der Waals surface area contributed by atoms with Gasteiger partial charge in [0.05, 0.1) is 6.54 Å². The molecule has 0 amide bonds. The van der Waals surface area contributed by atoms with Crippen LogP contribution < -0.4 is 4.74 Å². The molecule has 0 aliphatic carbocycles. The fraction of sp³-hybridized carbons (Fsp3) is 0.500. The Labute approximate surface area is 146 Å². The lowest BCUT2D eigenvalue weighted by Gasteiger charge is -2.36. The predicted octanol–water partition coefficient (Wildman–Crippen LogP) is 2.82. The minimum atomic E-state index is -0.486. The highest BCUT2D eigenvalue weighted by atomic mass is 16.6. The van der Waals surface area contributed by atoms with Crippen molar-refractivity contribution >= 4 is 5.82 Å². The van der Waals surface area contributed by atoms with Crippen molar-refractivity contribution in [1.82, 2.24) is 14.5 Å². The third-order valence-electron chi connectivity index (χ3n) is 5.17. The van der Waals surface area contributed by atoms with Crippen molar-refractivity contribution in [3.8, 4) is 6.01 Å². The first kappa shape index (κ1) is 16.1. The molecule has 7 heteroatoms. The Balaban J connectivity index is 1.34. The van der Waals surface area contributed by atoms with E-state index in [1.54, 1.807) is 4.57 Å². The normalized spacial score (nSPS) is 24.0. The Morgan fingerprint density at radius 2 is 2.04 bits per heavy atom. The van der Waals surface area contributed by atoms with Crippen LogP contribution in [0.5, 0.6) is 6.01 Å². The molecule has 1 aromatic heterocycles. The molecule has 1 fully saturated rings. The number of imidazole rings is 1. The molecule has 0 spiro atoms. The molecule has 1 saturated heterocycles. The summed E-state index contributed by atoms with van der Waals surface area (Å²) < 4.78 is 7.69. The molecule has 4 rings (SSSR count). The average molecular weight is 342 g/mol. The fourth-order valence-electron chi connectivity index (χ4n) is 3.99. The zero-order valence-corrected chi connectivity index (χ0v) is 14.3. The van der Waals surface area contributed by atoms with Crippen LogP contribution >= 0.6 is 0 Å². The standard InChI is InChI=1S/C18H22N4O3/c1-18(13-21-11-16(22(23)24)19-17(21)25-18)12-20-9-7-15(8-10-20)14-5-3-2-4-6-14/h2-6,11,15H,7-10,12-13H2,1H3/t18-/m0/s1.